The molecule has 6 heteroatoms. The first kappa shape index (κ1) is 20.2. The Morgan fingerprint density at radius 3 is 2.59 bits per heavy atom. The second kappa shape index (κ2) is 8.34. The maximum atomic E-state index is 13.0. The van der Waals surface area contributed by atoms with Crippen LogP contribution in [0.3, 0.4) is 0 Å². The number of piperidine rings is 1. The number of allylic oxidation sites excluding steroid dienone is 2. The molecule has 5 nitrogen and oxygen atoms in total. The molecule has 29 heavy (non-hydrogen) atoms. The summed E-state index contributed by atoms with van der Waals surface area (Å²) in [6.45, 7) is 5.24. The van der Waals surface area contributed by atoms with E-state index in [1.807, 2.05) is 23.3 Å². The lowest BCUT2D eigenvalue weighted by Crippen LogP contribution is -2.45. The van der Waals surface area contributed by atoms with Crippen LogP contribution in [0.2, 0.25) is 0 Å². The van der Waals surface area contributed by atoms with E-state index in [2.05, 4.69) is 35.0 Å². The summed E-state index contributed by atoms with van der Waals surface area (Å²) in [6.07, 6.45) is 13.9. The quantitative estimate of drug-likeness (QED) is 0.561. The van der Waals surface area contributed by atoms with Crippen molar-refractivity contribution in [2.75, 3.05) is 32.4 Å². The van der Waals surface area contributed by atoms with E-state index in [9.17, 15) is 9.59 Å². The highest BCUT2D eigenvalue weighted by Gasteiger charge is 2.44. The van der Waals surface area contributed by atoms with E-state index in [1.165, 1.54) is 17.3 Å². The van der Waals surface area contributed by atoms with Gasteiger partial charge in [-0.15, -0.1) is 11.8 Å². The van der Waals surface area contributed by atoms with Crippen LogP contribution in [0.25, 0.3) is 0 Å². The molecule has 1 unspecified atom stereocenters. The van der Waals surface area contributed by atoms with E-state index < -0.39 is 0 Å². The monoisotopic (exact) mass is 411 g/mol. The van der Waals surface area contributed by atoms with Gasteiger partial charge in [-0.25, -0.2) is 4.98 Å². The summed E-state index contributed by atoms with van der Waals surface area (Å²) in [4.78, 5) is 34.4. The number of aromatic nitrogens is 1. The lowest BCUT2D eigenvalue weighted by atomic mass is 9.77. The Hall–Kier alpha value is -2.08. The van der Waals surface area contributed by atoms with E-state index in [0.29, 0.717) is 5.56 Å². The molecule has 1 aliphatic carbocycles. The van der Waals surface area contributed by atoms with Crippen molar-refractivity contribution in [2.24, 2.45) is 11.3 Å². The lowest BCUT2D eigenvalue weighted by molar-refractivity contribution is -0.132. The molecule has 3 heterocycles. The van der Waals surface area contributed by atoms with E-state index >= 15 is 0 Å². The van der Waals surface area contributed by atoms with E-state index in [-0.39, 0.29) is 23.1 Å². The summed E-state index contributed by atoms with van der Waals surface area (Å²) in [6, 6.07) is 3.70. The van der Waals surface area contributed by atoms with Gasteiger partial charge in [-0.3, -0.25) is 9.59 Å². The summed E-state index contributed by atoms with van der Waals surface area (Å²) >= 11 is 1.51. The van der Waals surface area contributed by atoms with E-state index in [1.54, 1.807) is 6.20 Å². The van der Waals surface area contributed by atoms with Crippen LogP contribution in [0, 0.1) is 11.3 Å². The highest BCUT2D eigenvalue weighted by molar-refractivity contribution is 7.98. The standard InChI is InChI=1S/C23H29N3O2S/c1-17-6-3-4-7-18(17)21(27)26-15-11-23(16-26)9-13-25(14-10-23)22(28)19-8-5-12-24-20(19)29-2/h4-8,12,18H,3,9-11,13-16H2,1-2H3. The number of likely N-dealkylation sites (tertiary alicyclic amines) is 2. The molecular weight excluding hydrogens is 382 g/mol. The number of rotatable bonds is 3. The van der Waals surface area contributed by atoms with Crippen molar-refractivity contribution in [2.45, 2.75) is 37.6 Å². The predicted octanol–water partition coefficient (Wildman–Crippen LogP) is 3.78. The molecule has 0 saturated carbocycles. The highest BCUT2D eigenvalue weighted by atomic mass is 32.2. The minimum atomic E-state index is -0.0869. The van der Waals surface area contributed by atoms with Gasteiger partial charge >= 0.3 is 0 Å². The minimum Gasteiger partial charge on any atom is -0.341 e. The lowest BCUT2D eigenvalue weighted by Gasteiger charge is -2.39. The van der Waals surface area contributed by atoms with Crippen LogP contribution >= 0.6 is 11.8 Å². The average Bonchev–Trinajstić information content (AvgIpc) is 3.17. The van der Waals surface area contributed by atoms with E-state index in [0.717, 1.165) is 56.9 Å². The van der Waals surface area contributed by atoms with Crippen molar-refractivity contribution in [3.8, 4) is 0 Å². The molecule has 154 valence electrons. The number of pyridine rings is 1. The average molecular weight is 412 g/mol. The van der Waals surface area contributed by atoms with Crippen molar-refractivity contribution in [3.63, 3.8) is 0 Å². The fourth-order valence-electron chi connectivity index (χ4n) is 4.82. The second-order valence-corrected chi connectivity index (χ2v) is 9.25. The first-order chi connectivity index (χ1) is 14.0. The third-order valence-corrected chi connectivity index (χ3v) is 7.43. The molecular formula is C23H29N3O2S. The SMILES string of the molecule is CSc1ncccc1C(=O)N1CCC2(CC1)CCN(C(=O)C1C=CCC=C1C)C2. The smallest absolute Gasteiger partial charge is 0.256 e. The number of thioether (sulfide) groups is 1. The van der Waals surface area contributed by atoms with Crippen LogP contribution in [0.5, 0.6) is 0 Å². The summed E-state index contributed by atoms with van der Waals surface area (Å²) in [7, 11) is 0. The van der Waals surface area contributed by atoms with Gasteiger partial charge in [-0.05, 0) is 56.4 Å². The molecule has 2 amide bonds. The molecule has 2 aliphatic heterocycles. The Bertz CT molecular complexity index is 855. The van der Waals surface area contributed by atoms with Gasteiger partial charge in [-0.2, -0.15) is 0 Å². The van der Waals surface area contributed by atoms with Gasteiger partial charge in [0.1, 0.15) is 5.03 Å². The molecule has 2 fully saturated rings. The Morgan fingerprint density at radius 1 is 1.17 bits per heavy atom. The fraction of sp³-hybridized carbons (Fsp3) is 0.522. The third-order valence-electron chi connectivity index (χ3n) is 6.72. The Labute approximate surface area is 177 Å². The van der Waals surface area contributed by atoms with Crippen LogP contribution in [-0.4, -0.2) is 59.0 Å². The molecule has 0 radical (unpaired) electrons. The number of hydrogen-bond acceptors (Lipinski definition) is 4. The summed E-state index contributed by atoms with van der Waals surface area (Å²) in [5.74, 6) is 0.234. The van der Waals surface area contributed by atoms with Crippen LogP contribution in [-0.2, 0) is 4.79 Å². The van der Waals surface area contributed by atoms with Gasteiger partial charge in [-0.1, -0.05) is 23.8 Å². The van der Waals surface area contributed by atoms with Crippen LogP contribution in [0.1, 0.15) is 43.0 Å². The van der Waals surface area contributed by atoms with Crippen LogP contribution in [0.15, 0.2) is 47.2 Å². The molecule has 2 saturated heterocycles. The summed E-state index contributed by atoms with van der Waals surface area (Å²) in [5, 5.41) is 0.791. The topological polar surface area (TPSA) is 53.5 Å². The predicted molar refractivity (Wildman–Crippen MR) is 116 cm³/mol. The number of hydrogen-bond donors (Lipinski definition) is 0. The Kier molecular flexibility index (Phi) is 5.81. The zero-order chi connectivity index (χ0) is 20.4. The molecule has 1 spiro atoms. The zero-order valence-corrected chi connectivity index (χ0v) is 18.1. The van der Waals surface area contributed by atoms with Crippen LogP contribution in [0.4, 0.5) is 0 Å². The molecule has 1 aromatic heterocycles. The Balaban J connectivity index is 1.38. The zero-order valence-electron chi connectivity index (χ0n) is 17.3. The second-order valence-electron chi connectivity index (χ2n) is 8.45. The van der Waals surface area contributed by atoms with Crippen molar-refractivity contribution in [3.05, 3.63) is 47.7 Å². The minimum absolute atomic E-state index is 0.0799. The third kappa shape index (κ3) is 4.00. The fourth-order valence-corrected chi connectivity index (χ4v) is 5.36. The van der Waals surface area contributed by atoms with Crippen LogP contribution < -0.4 is 0 Å². The normalized spacial score (nSPS) is 23.4. The Morgan fingerprint density at radius 2 is 1.90 bits per heavy atom. The molecule has 0 N–H and O–H groups in total. The molecule has 3 aliphatic rings. The molecule has 1 aromatic rings. The molecule has 0 bridgehead atoms. The van der Waals surface area contributed by atoms with Gasteiger partial charge in [0.25, 0.3) is 5.91 Å². The number of amides is 2. The molecule has 4 rings (SSSR count). The summed E-state index contributed by atoms with van der Waals surface area (Å²) in [5.41, 5.74) is 2.03. The first-order valence-electron chi connectivity index (χ1n) is 10.4. The first-order valence-corrected chi connectivity index (χ1v) is 11.7. The summed E-state index contributed by atoms with van der Waals surface area (Å²) < 4.78 is 0. The van der Waals surface area contributed by atoms with E-state index in [4.69, 9.17) is 0 Å². The molecule has 0 aromatic carbocycles. The van der Waals surface area contributed by atoms with Crippen molar-refractivity contribution in [1.29, 1.82) is 0 Å². The van der Waals surface area contributed by atoms with Gasteiger partial charge in [0, 0.05) is 32.4 Å². The van der Waals surface area contributed by atoms with Gasteiger partial charge in [0.15, 0.2) is 0 Å². The van der Waals surface area contributed by atoms with Crippen molar-refractivity contribution >= 4 is 23.6 Å². The maximum absolute atomic E-state index is 13.0. The number of nitrogens with zero attached hydrogens (tertiary/aromatic N) is 3. The largest absolute Gasteiger partial charge is 0.341 e. The van der Waals surface area contributed by atoms with Gasteiger partial charge < -0.3 is 9.80 Å². The van der Waals surface area contributed by atoms with Crippen molar-refractivity contribution < 1.29 is 9.59 Å². The maximum Gasteiger partial charge on any atom is 0.256 e. The van der Waals surface area contributed by atoms with Gasteiger partial charge in [0.05, 0.1) is 11.5 Å². The highest BCUT2D eigenvalue weighted by Crippen LogP contribution is 2.41. The van der Waals surface area contributed by atoms with Crippen molar-refractivity contribution in [1.82, 2.24) is 14.8 Å². The number of carbonyl (C=O) groups is 2. The van der Waals surface area contributed by atoms with Gasteiger partial charge in [0.2, 0.25) is 5.91 Å². The number of carbonyl (C=O) groups excluding carboxylic acids is 2. The molecule has 1 atom stereocenters.